The van der Waals surface area contributed by atoms with Gasteiger partial charge >= 0.3 is 12.1 Å². The molecule has 14 heteroatoms. The van der Waals surface area contributed by atoms with Crippen molar-refractivity contribution in [3.63, 3.8) is 0 Å². The molecule has 6 atom stereocenters. The average molecular weight is 596 g/mol. The number of carbonyl (C=O) groups excluding carboxylic acids is 4. The minimum atomic E-state index is -5.22. The van der Waals surface area contributed by atoms with Gasteiger partial charge in [-0.1, -0.05) is 32.1 Å². The summed E-state index contributed by atoms with van der Waals surface area (Å²) in [6.07, 6.45) is -0.608. The molecule has 0 aromatic rings. The van der Waals surface area contributed by atoms with E-state index >= 15 is 0 Å². The van der Waals surface area contributed by atoms with Crippen LogP contribution >= 0.6 is 12.6 Å². The minimum Gasteiger partial charge on any atom is -0.370 e. The summed E-state index contributed by atoms with van der Waals surface area (Å²) in [5, 5.41) is 9.03. The number of amides is 4. The molecular formula is C26H44F3N5O5S. The molecule has 1 saturated carbocycles. The lowest BCUT2D eigenvalue weighted by atomic mass is 9.84. The molecule has 2 rings (SSSR count). The SMILES string of the molecule is C[C@@H](OC(C)(C)C)[C@H](NC(=O)C(F)(F)F)C(=O)N[C@@H](CC1CCCCC1)C(=O)N[C@@H](C[C@@H]1CCNC1=O)[C@@H](N)S. The Bertz CT molecular complexity index is 893. The summed E-state index contributed by atoms with van der Waals surface area (Å²) >= 11 is 4.28. The van der Waals surface area contributed by atoms with E-state index in [-0.39, 0.29) is 30.6 Å². The molecule has 0 aromatic heterocycles. The van der Waals surface area contributed by atoms with Crippen LogP contribution in [0.3, 0.4) is 0 Å². The summed E-state index contributed by atoms with van der Waals surface area (Å²) in [6.45, 7) is 6.88. The third kappa shape index (κ3) is 11.1. The van der Waals surface area contributed by atoms with Gasteiger partial charge in [0.1, 0.15) is 12.1 Å². The molecular weight excluding hydrogens is 551 g/mol. The van der Waals surface area contributed by atoms with Gasteiger partial charge in [-0.2, -0.15) is 25.8 Å². The Morgan fingerprint density at radius 1 is 1.02 bits per heavy atom. The van der Waals surface area contributed by atoms with E-state index in [0.29, 0.717) is 13.0 Å². The number of carbonyl (C=O) groups is 4. The second-order valence-corrected chi connectivity index (χ2v) is 12.4. The third-order valence-electron chi connectivity index (χ3n) is 7.20. The van der Waals surface area contributed by atoms with Crippen molar-refractivity contribution in [2.24, 2.45) is 17.6 Å². The zero-order valence-corrected chi connectivity index (χ0v) is 24.5. The second-order valence-electron chi connectivity index (χ2n) is 11.8. The maximum atomic E-state index is 13.5. The number of rotatable bonds is 12. The average Bonchev–Trinajstić information content (AvgIpc) is 3.24. The molecule has 2 aliphatic rings. The van der Waals surface area contributed by atoms with Gasteiger partial charge in [0.2, 0.25) is 17.7 Å². The van der Waals surface area contributed by atoms with Gasteiger partial charge in [0, 0.05) is 12.5 Å². The quantitative estimate of drug-likeness (QED) is 0.150. The van der Waals surface area contributed by atoms with Gasteiger partial charge in [0.15, 0.2) is 0 Å². The van der Waals surface area contributed by atoms with E-state index in [1.807, 2.05) is 0 Å². The molecule has 4 amide bonds. The summed E-state index contributed by atoms with van der Waals surface area (Å²) < 4.78 is 45.0. The first kappa shape index (κ1) is 34.1. The first-order valence-electron chi connectivity index (χ1n) is 13.9. The summed E-state index contributed by atoms with van der Waals surface area (Å²) in [4.78, 5) is 50.8. The van der Waals surface area contributed by atoms with Crippen LogP contribution in [0.5, 0.6) is 0 Å². The van der Waals surface area contributed by atoms with Crippen LogP contribution in [0.2, 0.25) is 0 Å². The molecule has 1 heterocycles. The standard InChI is InChI=1S/C26H44F3N5O5S/c1-14(39-25(2,3)4)19(34-24(38)26(27,28)29)23(37)33-18(12-15-8-6-5-7-9-15)22(36)32-17(20(30)40)13-16-10-11-31-21(16)35/h14-20,40H,5-13,30H2,1-4H3,(H,31,35)(H,32,36)(H,33,37)(H,34,38)/t14-,16+,17+,18+,19+,20+/m1/s1. The van der Waals surface area contributed by atoms with E-state index in [4.69, 9.17) is 10.5 Å². The zero-order valence-electron chi connectivity index (χ0n) is 23.6. The summed E-state index contributed by atoms with van der Waals surface area (Å²) in [6, 6.07) is -3.53. The van der Waals surface area contributed by atoms with Crippen molar-refractivity contribution in [2.45, 2.75) is 120 Å². The number of nitrogens with one attached hydrogen (secondary N) is 4. The van der Waals surface area contributed by atoms with Crippen LogP contribution in [0, 0.1) is 11.8 Å². The molecule has 6 N–H and O–H groups in total. The highest BCUT2D eigenvalue weighted by atomic mass is 32.1. The number of alkyl halides is 3. The number of thiol groups is 1. The molecule has 40 heavy (non-hydrogen) atoms. The number of hydrogen-bond donors (Lipinski definition) is 6. The van der Waals surface area contributed by atoms with Gasteiger partial charge in [-0.15, -0.1) is 0 Å². The monoisotopic (exact) mass is 595 g/mol. The Labute approximate surface area is 239 Å². The molecule has 1 aliphatic heterocycles. The molecule has 0 aromatic carbocycles. The second kappa shape index (κ2) is 14.7. The van der Waals surface area contributed by atoms with Crippen LogP contribution in [-0.4, -0.2) is 71.6 Å². The Kier molecular flexibility index (Phi) is 12.6. The fourth-order valence-corrected chi connectivity index (χ4v) is 5.43. The molecule has 230 valence electrons. The van der Waals surface area contributed by atoms with Gasteiger partial charge in [-0.3, -0.25) is 19.2 Å². The normalized spacial score (nSPS) is 22.4. The van der Waals surface area contributed by atoms with E-state index < -0.39 is 59.1 Å². The van der Waals surface area contributed by atoms with Crippen LogP contribution in [0.15, 0.2) is 0 Å². The van der Waals surface area contributed by atoms with Gasteiger partial charge < -0.3 is 31.7 Å². The smallest absolute Gasteiger partial charge is 0.370 e. The van der Waals surface area contributed by atoms with Crippen LogP contribution in [0.25, 0.3) is 0 Å². The highest BCUT2D eigenvalue weighted by Gasteiger charge is 2.43. The van der Waals surface area contributed by atoms with Crippen molar-refractivity contribution in [3.05, 3.63) is 0 Å². The van der Waals surface area contributed by atoms with Gasteiger partial charge in [-0.05, 0) is 52.9 Å². The highest BCUT2D eigenvalue weighted by molar-refractivity contribution is 7.80. The molecule has 10 nitrogen and oxygen atoms in total. The number of hydrogen-bond acceptors (Lipinski definition) is 7. The molecule has 1 saturated heterocycles. The maximum absolute atomic E-state index is 13.5. The van der Waals surface area contributed by atoms with Crippen molar-refractivity contribution in [1.29, 1.82) is 0 Å². The van der Waals surface area contributed by atoms with Gasteiger partial charge in [0.25, 0.3) is 0 Å². The van der Waals surface area contributed by atoms with Crippen LogP contribution in [-0.2, 0) is 23.9 Å². The number of nitrogens with two attached hydrogens (primary N) is 1. The topological polar surface area (TPSA) is 152 Å². The van der Waals surface area contributed by atoms with Crippen LogP contribution in [0.1, 0.15) is 79.1 Å². The van der Waals surface area contributed by atoms with Crippen molar-refractivity contribution in [3.8, 4) is 0 Å². The minimum absolute atomic E-state index is 0.111. The van der Waals surface area contributed by atoms with Gasteiger partial charge in [-0.25, -0.2) is 0 Å². The lowest BCUT2D eigenvalue weighted by Crippen LogP contribution is -2.61. The molecule has 0 spiro atoms. The zero-order chi connectivity index (χ0) is 30.3. The Morgan fingerprint density at radius 3 is 2.15 bits per heavy atom. The summed E-state index contributed by atoms with van der Waals surface area (Å²) in [7, 11) is 0. The van der Waals surface area contributed by atoms with Crippen molar-refractivity contribution >= 4 is 36.3 Å². The van der Waals surface area contributed by atoms with Crippen molar-refractivity contribution in [2.75, 3.05) is 6.54 Å². The van der Waals surface area contributed by atoms with E-state index in [1.54, 1.807) is 26.1 Å². The van der Waals surface area contributed by atoms with Crippen molar-refractivity contribution < 1.29 is 37.1 Å². The van der Waals surface area contributed by atoms with Crippen molar-refractivity contribution in [1.82, 2.24) is 21.3 Å². The Hall–Kier alpha value is -2.06. The van der Waals surface area contributed by atoms with E-state index in [9.17, 15) is 32.3 Å². The third-order valence-corrected chi connectivity index (χ3v) is 7.56. The molecule has 0 bridgehead atoms. The Morgan fingerprint density at radius 2 is 1.65 bits per heavy atom. The molecule has 2 fully saturated rings. The fourth-order valence-electron chi connectivity index (χ4n) is 5.24. The van der Waals surface area contributed by atoms with Crippen LogP contribution in [0.4, 0.5) is 13.2 Å². The molecule has 1 aliphatic carbocycles. The predicted molar refractivity (Wildman–Crippen MR) is 146 cm³/mol. The molecule has 0 unspecified atom stereocenters. The molecule has 0 radical (unpaired) electrons. The summed E-state index contributed by atoms with van der Waals surface area (Å²) in [5.41, 5.74) is 5.17. The number of ether oxygens (including phenoxy) is 1. The first-order valence-corrected chi connectivity index (χ1v) is 14.4. The van der Waals surface area contributed by atoms with E-state index in [0.717, 1.165) is 32.1 Å². The fraction of sp³-hybridized carbons (Fsp3) is 0.846. The predicted octanol–water partition coefficient (Wildman–Crippen LogP) is 1.92. The highest BCUT2D eigenvalue weighted by Crippen LogP contribution is 2.28. The Balaban J connectivity index is 2.26. The van der Waals surface area contributed by atoms with E-state index in [2.05, 4.69) is 28.6 Å². The summed E-state index contributed by atoms with van der Waals surface area (Å²) in [5.74, 6) is -4.24. The van der Waals surface area contributed by atoms with Gasteiger partial charge in [0.05, 0.1) is 23.1 Å². The first-order chi connectivity index (χ1) is 18.5. The van der Waals surface area contributed by atoms with E-state index in [1.165, 1.54) is 6.92 Å². The lowest BCUT2D eigenvalue weighted by Gasteiger charge is -2.33. The van der Waals surface area contributed by atoms with Crippen LogP contribution < -0.4 is 27.0 Å². The lowest BCUT2D eigenvalue weighted by molar-refractivity contribution is -0.176. The largest absolute Gasteiger partial charge is 0.471 e. The maximum Gasteiger partial charge on any atom is 0.471 e. The number of halogens is 3.